The lowest BCUT2D eigenvalue weighted by molar-refractivity contribution is 0.0950. The number of benzene rings is 1. The van der Waals surface area contributed by atoms with Crippen LogP contribution in [0.4, 0.5) is 0 Å². The minimum Gasteiger partial charge on any atom is -0.353 e. The molecule has 2 heterocycles. The summed E-state index contributed by atoms with van der Waals surface area (Å²) in [6, 6.07) is 6.83. The van der Waals surface area contributed by atoms with Gasteiger partial charge in [-0.1, -0.05) is 28.9 Å². The number of nitrogens with zero attached hydrogens (tertiary/aromatic N) is 3. The maximum absolute atomic E-state index is 12.3. The van der Waals surface area contributed by atoms with Gasteiger partial charge in [0.05, 0.1) is 16.8 Å². The molecule has 0 fully saturated rings. The lowest BCUT2D eigenvalue weighted by atomic mass is 10.2. The molecule has 0 amide bonds. The minimum absolute atomic E-state index is 0.304. The van der Waals surface area contributed by atoms with Crippen LogP contribution < -0.4 is 0 Å². The minimum atomic E-state index is -0.304. The Kier molecular flexibility index (Phi) is 2.41. The monoisotopic (exact) mass is 261 g/mol. The highest BCUT2D eigenvalue weighted by Crippen LogP contribution is 2.21. The summed E-state index contributed by atoms with van der Waals surface area (Å²) in [6.45, 7) is 1.75. The highest BCUT2D eigenvalue weighted by molar-refractivity contribution is 6.34. The average Bonchev–Trinajstić information content (AvgIpc) is 2.93. The molecular weight excluding hydrogens is 254 g/mol. The Bertz CT molecular complexity index is 745. The Morgan fingerprint density at radius 1 is 1.39 bits per heavy atom. The third kappa shape index (κ3) is 1.52. The SMILES string of the molecule is Cc1noc2cnn(C(=O)c3ccccc3Cl)c12. The lowest BCUT2D eigenvalue weighted by Gasteiger charge is -2.03. The van der Waals surface area contributed by atoms with Gasteiger partial charge in [-0.05, 0) is 19.1 Å². The summed E-state index contributed by atoms with van der Waals surface area (Å²) in [4.78, 5) is 12.3. The molecule has 0 radical (unpaired) electrons. The van der Waals surface area contributed by atoms with Gasteiger partial charge in [-0.2, -0.15) is 9.78 Å². The van der Waals surface area contributed by atoms with E-state index in [1.54, 1.807) is 31.2 Å². The van der Waals surface area contributed by atoms with Crippen molar-refractivity contribution in [1.29, 1.82) is 0 Å². The first-order chi connectivity index (χ1) is 8.68. The molecule has 3 aromatic rings. The van der Waals surface area contributed by atoms with Gasteiger partial charge in [0.25, 0.3) is 5.91 Å². The molecule has 0 N–H and O–H groups in total. The average molecular weight is 262 g/mol. The summed E-state index contributed by atoms with van der Waals surface area (Å²) in [5.41, 5.74) is 2.06. The van der Waals surface area contributed by atoms with Gasteiger partial charge < -0.3 is 4.52 Å². The molecule has 90 valence electrons. The molecule has 18 heavy (non-hydrogen) atoms. The van der Waals surface area contributed by atoms with Crippen molar-refractivity contribution in [3.63, 3.8) is 0 Å². The van der Waals surface area contributed by atoms with Gasteiger partial charge in [-0.3, -0.25) is 4.79 Å². The van der Waals surface area contributed by atoms with E-state index in [1.165, 1.54) is 10.9 Å². The second kappa shape index (κ2) is 3.96. The van der Waals surface area contributed by atoms with Crippen molar-refractivity contribution in [2.75, 3.05) is 0 Å². The van der Waals surface area contributed by atoms with Gasteiger partial charge in [0, 0.05) is 0 Å². The fourth-order valence-corrected chi connectivity index (χ4v) is 2.01. The van der Waals surface area contributed by atoms with Gasteiger partial charge in [-0.25, -0.2) is 0 Å². The fourth-order valence-electron chi connectivity index (χ4n) is 1.80. The first-order valence-corrected chi connectivity index (χ1v) is 5.65. The molecule has 0 aliphatic rings. The van der Waals surface area contributed by atoms with Crippen LogP contribution in [0.2, 0.25) is 5.02 Å². The van der Waals surface area contributed by atoms with Crippen LogP contribution in [0.15, 0.2) is 35.0 Å². The third-order valence-electron chi connectivity index (χ3n) is 2.66. The van der Waals surface area contributed by atoms with Gasteiger partial charge in [0.2, 0.25) is 5.58 Å². The Hall–Kier alpha value is -2.14. The Balaban J connectivity index is 2.18. The summed E-state index contributed by atoms with van der Waals surface area (Å²) < 4.78 is 6.28. The van der Waals surface area contributed by atoms with Gasteiger partial charge in [-0.15, -0.1) is 0 Å². The Morgan fingerprint density at radius 2 is 2.17 bits per heavy atom. The van der Waals surface area contributed by atoms with Crippen LogP contribution in [0.3, 0.4) is 0 Å². The molecule has 0 spiro atoms. The summed E-state index contributed by atoms with van der Waals surface area (Å²) >= 11 is 6.00. The lowest BCUT2D eigenvalue weighted by Crippen LogP contribution is -2.14. The number of carbonyl (C=O) groups excluding carboxylic acids is 1. The second-order valence-corrected chi connectivity index (χ2v) is 4.23. The van der Waals surface area contributed by atoms with E-state index in [0.29, 0.717) is 27.4 Å². The number of rotatable bonds is 1. The van der Waals surface area contributed by atoms with E-state index in [2.05, 4.69) is 10.3 Å². The highest BCUT2D eigenvalue weighted by Gasteiger charge is 2.19. The summed E-state index contributed by atoms with van der Waals surface area (Å²) in [7, 11) is 0. The van der Waals surface area contributed by atoms with Crippen molar-refractivity contribution in [1.82, 2.24) is 14.9 Å². The number of aryl methyl sites for hydroxylation is 1. The molecule has 0 saturated carbocycles. The maximum atomic E-state index is 12.3. The van der Waals surface area contributed by atoms with Gasteiger partial charge in [0.1, 0.15) is 11.2 Å². The molecule has 0 aliphatic heterocycles. The summed E-state index contributed by atoms with van der Waals surface area (Å²) in [5, 5.41) is 8.19. The molecule has 3 rings (SSSR count). The van der Waals surface area contributed by atoms with Crippen molar-refractivity contribution in [2.24, 2.45) is 0 Å². The van der Waals surface area contributed by atoms with E-state index in [9.17, 15) is 4.79 Å². The fraction of sp³-hybridized carbons (Fsp3) is 0.0833. The van der Waals surface area contributed by atoms with Crippen molar-refractivity contribution >= 4 is 28.6 Å². The molecule has 0 atom stereocenters. The molecule has 1 aromatic carbocycles. The number of hydrogen-bond acceptors (Lipinski definition) is 4. The number of halogens is 1. The van der Waals surface area contributed by atoms with E-state index >= 15 is 0 Å². The zero-order chi connectivity index (χ0) is 12.7. The molecule has 5 nitrogen and oxygen atoms in total. The quantitative estimate of drug-likeness (QED) is 0.676. The molecule has 0 saturated heterocycles. The number of hydrogen-bond donors (Lipinski definition) is 0. The predicted molar refractivity (Wildman–Crippen MR) is 65.7 cm³/mol. The highest BCUT2D eigenvalue weighted by atomic mass is 35.5. The zero-order valence-corrected chi connectivity index (χ0v) is 10.2. The third-order valence-corrected chi connectivity index (χ3v) is 2.99. The molecular formula is C12H8ClN3O2. The molecule has 0 unspecified atom stereocenters. The van der Waals surface area contributed by atoms with Crippen LogP contribution in [0.25, 0.3) is 11.1 Å². The van der Waals surface area contributed by atoms with Crippen LogP contribution >= 0.6 is 11.6 Å². The van der Waals surface area contributed by atoms with Crippen molar-refractivity contribution in [3.8, 4) is 0 Å². The van der Waals surface area contributed by atoms with E-state index < -0.39 is 0 Å². The van der Waals surface area contributed by atoms with E-state index in [1.807, 2.05) is 0 Å². The molecule has 0 bridgehead atoms. The standard InChI is InChI=1S/C12H8ClN3O2/c1-7-11-10(18-15-7)6-14-16(11)12(17)8-4-2-3-5-9(8)13/h2-6H,1H3. The largest absolute Gasteiger partial charge is 0.353 e. The van der Waals surface area contributed by atoms with Gasteiger partial charge in [0.15, 0.2) is 0 Å². The van der Waals surface area contributed by atoms with Crippen LogP contribution in [-0.4, -0.2) is 20.8 Å². The first kappa shape index (κ1) is 11.0. The van der Waals surface area contributed by atoms with Crippen LogP contribution in [0.1, 0.15) is 16.1 Å². The van der Waals surface area contributed by atoms with Crippen molar-refractivity contribution in [3.05, 3.63) is 46.7 Å². The topological polar surface area (TPSA) is 60.9 Å². The van der Waals surface area contributed by atoms with Crippen molar-refractivity contribution < 1.29 is 9.32 Å². The molecule has 0 aliphatic carbocycles. The first-order valence-electron chi connectivity index (χ1n) is 5.27. The summed E-state index contributed by atoms with van der Waals surface area (Å²) in [6.07, 6.45) is 1.46. The zero-order valence-electron chi connectivity index (χ0n) is 9.42. The van der Waals surface area contributed by atoms with E-state index in [-0.39, 0.29) is 5.91 Å². The molecule has 6 heteroatoms. The van der Waals surface area contributed by atoms with Crippen LogP contribution in [0.5, 0.6) is 0 Å². The number of carbonyl (C=O) groups is 1. The summed E-state index contributed by atoms with van der Waals surface area (Å²) in [5.74, 6) is -0.304. The van der Waals surface area contributed by atoms with E-state index in [0.717, 1.165) is 0 Å². The number of aromatic nitrogens is 3. The van der Waals surface area contributed by atoms with Gasteiger partial charge >= 0.3 is 0 Å². The smallest absolute Gasteiger partial charge is 0.280 e. The van der Waals surface area contributed by atoms with Crippen molar-refractivity contribution in [2.45, 2.75) is 6.92 Å². The number of fused-ring (bicyclic) bond motifs is 1. The maximum Gasteiger partial charge on any atom is 0.280 e. The molecule has 2 aromatic heterocycles. The van der Waals surface area contributed by atoms with Crippen LogP contribution in [-0.2, 0) is 0 Å². The second-order valence-electron chi connectivity index (χ2n) is 3.82. The Morgan fingerprint density at radius 3 is 2.94 bits per heavy atom. The van der Waals surface area contributed by atoms with Crippen LogP contribution in [0, 0.1) is 6.92 Å². The normalized spacial score (nSPS) is 11.0. The Labute approximate surface area is 107 Å². The van der Waals surface area contributed by atoms with E-state index in [4.69, 9.17) is 16.1 Å². The predicted octanol–water partition coefficient (Wildman–Crippen LogP) is 2.67.